The minimum absolute atomic E-state index is 0.576. The van der Waals surface area contributed by atoms with E-state index < -0.39 is 0 Å². The van der Waals surface area contributed by atoms with E-state index in [4.69, 9.17) is 0 Å². The molecule has 1 saturated carbocycles. The van der Waals surface area contributed by atoms with E-state index >= 15 is 0 Å². The number of aromatic nitrogens is 1. The van der Waals surface area contributed by atoms with E-state index in [2.05, 4.69) is 10.3 Å². The summed E-state index contributed by atoms with van der Waals surface area (Å²) < 4.78 is 0. The molecule has 1 N–H and O–H groups in total. The second-order valence-corrected chi connectivity index (χ2v) is 2.54. The molecular weight excluding hydrogens is 152 g/mol. The Hall–Kier alpha value is -1.38. The highest BCUT2D eigenvalue weighted by Crippen LogP contribution is 2.14. The molecule has 0 radical (unpaired) electrons. The van der Waals surface area contributed by atoms with Crippen molar-refractivity contribution in [2.24, 2.45) is 0 Å². The molecule has 0 aliphatic heterocycles. The molecule has 0 atom stereocenters. The molecule has 3 nitrogen and oxygen atoms in total. The molecule has 1 aromatic rings. The first-order valence-electron chi connectivity index (χ1n) is 4.04. The number of amides is 1. The molecule has 0 aromatic carbocycles. The second kappa shape index (κ2) is 5.29. The van der Waals surface area contributed by atoms with Gasteiger partial charge in [0.25, 0.3) is 0 Å². The van der Waals surface area contributed by atoms with Gasteiger partial charge in [0.2, 0.25) is 6.41 Å². The van der Waals surface area contributed by atoms with Crippen LogP contribution in [0.1, 0.15) is 19.3 Å². The minimum atomic E-state index is 0.576. The van der Waals surface area contributed by atoms with Crippen LogP contribution < -0.4 is 5.32 Å². The number of pyridine rings is 1. The standard InChI is InChI=1S/C6H6N2O.C3H6/c9-5-8-6-3-1-2-4-7-6;1-2-3-1/h1-5H,(H,7,8,9);1-3H2. The van der Waals surface area contributed by atoms with Crippen molar-refractivity contribution in [1.29, 1.82) is 0 Å². The lowest BCUT2D eigenvalue weighted by atomic mass is 10.5. The van der Waals surface area contributed by atoms with Gasteiger partial charge in [-0.1, -0.05) is 25.3 Å². The maximum atomic E-state index is 9.82. The zero-order valence-electron chi connectivity index (χ0n) is 6.86. The molecule has 1 aliphatic carbocycles. The zero-order chi connectivity index (χ0) is 8.65. The van der Waals surface area contributed by atoms with Crippen molar-refractivity contribution in [3.63, 3.8) is 0 Å². The summed E-state index contributed by atoms with van der Waals surface area (Å²) in [5.74, 6) is 0.576. The van der Waals surface area contributed by atoms with Crippen LogP contribution in [0.4, 0.5) is 5.82 Å². The Morgan fingerprint density at radius 3 is 2.50 bits per heavy atom. The molecule has 0 bridgehead atoms. The van der Waals surface area contributed by atoms with Crippen LogP contribution in [0.2, 0.25) is 0 Å². The van der Waals surface area contributed by atoms with Crippen LogP contribution in [0, 0.1) is 0 Å². The van der Waals surface area contributed by atoms with E-state index in [1.165, 1.54) is 19.3 Å². The van der Waals surface area contributed by atoms with Gasteiger partial charge >= 0.3 is 0 Å². The first-order valence-corrected chi connectivity index (χ1v) is 4.04. The lowest BCUT2D eigenvalue weighted by Gasteiger charge is -1.91. The predicted octanol–water partition coefficient (Wildman–Crippen LogP) is 1.82. The van der Waals surface area contributed by atoms with Gasteiger partial charge in [-0.2, -0.15) is 0 Å². The fourth-order valence-electron chi connectivity index (χ4n) is 0.509. The normalized spacial score (nSPS) is 12.3. The summed E-state index contributed by atoms with van der Waals surface area (Å²) in [5.41, 5.74) is 0. The number of carbonyl (C=O) groups excluding carboxylic acids is 1. The molecule has 3 heteroatoms. The number of nitrogens with one attached hydrogen (secondary N) is 1. The van der Waals surface area contributed by atoms with Crippen LogP contribution in [0.5, 0.6) is 0 Å². The Bertz CT molecular complexity index is 218. The first kappa shape index (κ1) is 8.71. The topological polar surface area (TPSA) is 42.0 Å². The number of rotatable bonds is 2. The molecule has 12 heavy (non-hydrogen) atoms. The summed E-state index contributed by atoms with van der Waals surface area (Å²) in [6.45, 7) is 0. The van der Waals surface area contributed by atoms with Gasteiger partial charge in [0.05, 0.1) is 0 Å². The molecule has 1 heterocycles. The molecule has 1 aliphatic rings. The molecule has 0 spiro atoms. The lowest BCUT2D eigenvalue weighted by Crippen LogP contribution is -1.94. The summed E-state index contributed by atoms with van der Waals surface area (Å²) in [6.07, 6.45) is 6.72. The fraction of sp³-hybridized carbons (Fsp3) is 0.333. The Morgan fingerprint density at radius 2 is 2.08 bits per heavy atom. The van der Waals surface area contributed by atoms with Gasteiger partial charge in [0.15, 0.2) is 0 Å². The highest BCUT2D eigenvalue weighted by atomic mass is 16.1. The number of anilines is 1. The Kier molecular flexibility index (Phi) is 3.84. The summed E-state index contributed by atoms with van der Waals surface area (Å²) in [6, 6.07) is 5.31. The quantitative estimate of drug-likeness (QED) is 0.677. The zero-order valence-corrected chi connectivity index (χ0v) is 6.86. The summed E-state index contributed by atoms with van der Waals surface area (Å²) in [4.78, 5) is 13.6. The molecule has 1 amide bonds. The van der Waals surface area contributed by atoms with E-state index in [0.717, 1.165) is 0 Å². The van der Waals surface area contributed by atoms with Crippen molar-refractivity contribution in [3.05, 3.63) is 24.4 Å². The average Bonchev–Trinajstić information content (AvgIpc) is 2.93. The first-order chi connectivity index (χ1) is 5.93. The maximum absolute atomic E-state index is 9.82. The van der Waals surface area contributed by atoms with Gasteiger partial charge in [-0.05, 0) is 12.1 Å². The number of hydrogen-bond donors (Lipinski definition) is 1. The van der Waals surface area contributed by atoms with E-state index in [-0.39, 0.29) is 0 Å². The molecule has 64 valence electrons. The predicted molar refractivity (Wildman–Crippen MR) is 47.8 cm³/mol. The van der Waals surface area contributed by atoms with Gasteiger partial charge in [0, 0.05) is 6.20 Å². The van der Waals surface area contributed by atoms with Crippen molar-refractivity contribution in [2.75, 3.05) is 5.32 Å². The fourth-order valence-corrected chi connectivity index (χ4v) is 0.509. The lowest BCUT2D eigenvalue weighted by molar-refractivity contribution is -0.105. The maximum Gasteiger partial charge on any atom is 0.212 e. The van der Waals surface area contributed by atoms with Gasteiger partial charge in [-0.25, -0.2) is 4.98 Å². The minimum Gasteiger partial charge on any atom is -0.313 e. The van der Waals surface area contributed by atoms with Crippen LogP contribution >= 0.6 is 0 Å². The third kappa shape index (κ3) is 4.44. The van der Waals surface area contributed by atoms with Crippen molar-refractivity contribution in [2.45, 2.75) is 19.3 Å². The molecule has 2 rings (SSSR count). The highest BCUT2D eigenvalue weighted by Gasteiger charge is 1.95. The second-order valence-electron chi connectivity index (χ2n) is 2.54. The third-order valence-electron chi connectivity index (χ3n) is 1.23. The summed E-state index contributed by atoms with van der Waals surface area (Å²) >= 11 is 0. The van der Waals surface area contributed by atoms with E-state index in [9.17, 15) is 4.79 Å². The number of carbonyl (C=O) groups is 1. The van der Waals surface area contributed by atoms with Gasteiger partial charge in [0.1, 0.15) is 5.82 Å². The van der Waals surface area contributed by atoms with Gasteiger partial charge < -0.3 is 5.32 Å². The van der Waals surface area contributed by atoms with E-state index in [0.29, 0.717) is 12.2 Å². The van der Waals surface area contributed by atoms with Crippen molar-refractivity contribution in [1.82, 2.24) is 4.98 Å². The van der Waals surface area contributed by atoms with Crippen molar-refractivity contribution >= 4 is 12.2 Å². The Balaban J connectivity index is 0.000000200. The molecule has 1 fully saturated rings. The van der Waals surface area contributed by atoms with E-state index in [1.807, 2.05) is 0 Å². The van der Waals surface area contributed by atoms with Crippen LogP contribution in [-0.2, 0) is 4.79 Å². The SMILES string of the molecule is C1CC1.O=CNc1ccccn1. The van der Waals surface area contributed by atoms with Crippen molar-refractivity contribution < 1.29 is 4.79 Å². The van der Waals surface area contributed by atoms with Crippen molar-refractivity contribution in [3.8, 4) is 0 Å². The monoisotopic (exact) mass is 164 g/mol. The smallest absolute Gasteiger partial charge is 0.212 e. The Labute approximate surface area is 71.8 Å². The highest BCUT2D eigenvalue weighted by molar-refractivity contribution is 5.68. The third-order valence-corrected chi connectivity index (χ3v) is 1.23. The largest absolute Gasteiger partial charge is 0.313 e. The van der Waals surface area contributed by atoms with Crippen LogP contribution in [0.25, 0.3) is 0 Å². The molecule has 0 unspecified atom stereocenters. The van der Waals surface area contributed by atoms with Gasteiger partial charge in [-0.3, -0.25) is 4.79 Å². The van der Waals surface area contributed by atoms with Crippen LogP contribution in [0.3, 0.4) is 0 Å². The molecule has 0 saturated heterocycles. The van der Waals surface area contributed by atoms with E-state index in [1.54, 1.807) is 24.4 Å². The molecule has 1 aromatic heterocycles. The van der Waals surface area contributed by atoms with Crippen LogP contribution in [0.15, 0.2) is 24.4 Å². The van der Waals surface area contributed by atoms with Crippen LogP contribution in [-0.4, -0.2) is 11.4 Å². The van der Waals surface area contributed by atoms with Gasteiger partial charge in [-0.15, -0.1) is 0 Å². The average molecular weight is 164 g/mol. The number of nitrogens with zero attached hydrogens (tertiary/aromatic N) is 1. The number of hydrogen-bond acceptors (Lipinski definition) is 2. The summed E-state index contributed by atoms with van der Waals surface area (Å²) in [7, 11) is 0. The molecular formula is C9H12N2O. The Morgan fingerprint density at radius 1 is 1.33 bits per heavy atom. The summed E-state index contributed by atoms with van der Waals surface area (Å²) in [5, 5.41) is 2.42.